The fraction of sp³-hybridized carbons (Fsp3) is 0.200. The van der Waals surface area contributed by atoms with Crippen LogP contribution in [0.3, 0.4) is 0 Å². The molecule has 0 saturated heterocycles. The van der Waals surface area contributed by atoms with Crippen LogP contribution in [0.1, 0.15) is 17.5 Å². The summed E-state index contributed by atoms with van der Waals surface area (Å²) in [6, 6.07) is 9.81. The lowest BCUT2D eigenvalue weighted by atomic mass is 10.2. The van der Waals surface area contributed by atoms with Gasteiger partial charge in [-0.05, 0) is 30.8 Å². The Morgan fingerprint density at radius 3 is 2.90 bits per heavy atom. The molecule has 1 atom stereocenters. The Bertz CT molecular complexity index is 679. The largest absolute Gasteiger partial charge is 0.482 e. The quantitative estimate of drug-likeness (QED) is 0.782. The first-order valence-electron chi connectivity index (χ1n) is 6.48. The third-order valence-electron chi connectivity index (χ3n) is 3.03. The van der Waals surface area contributed by atoms with Crippen molar-refractivity contribution in [2.45, 2.75) is 12.5 Å². The zero-order valence-corrected chi connectivity index (χ0v) is 11.7. The summed E-state index contributed by atoms with van der Waals surface area (Å²) in [5.74, 6) is 0.823. The van der Waals surface area contributed by atoms with Gasteiger partial charge in [-0.25, -0.2) is 4.98 Å². The van der Waals surface area contributed by atoms with Crippen LogP contribution in [0.5, 0.6) is 5.75 Å². The lowest BCUT2D eigenvalue weighted by molar-refractivity contribution is 0.200. The highest BCUT2D eigenvalue weighted by Crippen LogP contribution is 2.30. The molecule has 0 aliphatic heterocycles. The lowest BCUT2D eigenvalue weighted by Crippen LogP contribution is -2.13. The highest BCUT2D eigenvalue weighted by Gasteiger charge is 2.16. The third-order valence-corrected chi connectivity index (χ3v) is 3.90. The molecule has 3 aromatic rings. The van der Waals surface area contributed by atoms with Crippen LogP contribution in [0.4, 0.5) is 0 Å². The molecule has 0 aliphatic rings. The van der Waals surface area contributed by atoms with Crippen molar-refractivity contribution in [1.29, 1.82) is 0 Å². The summed E-state index contributed by atoms with van der Waals surface area (Å²) in [6.07, 6.45) is 4.21. The molecule has 2 heterocycles. The lowest BCUT2D eigenvalue weighted by Gasteiger charge is -2.17. The van der Waals surface area contributed by atoms with E-state index in [1.54, 1.807) is 23.7 Å². The van der Waals surface area contributed by atoms with E-state index in [2.05, 4.69) is 9.97 Å². The molecular formula is C15H15N3OS. The van der Waals surface area contributed by atoms with E-state index in [0.29, 0.717) is 6.54 Å². The fourth-order valence-electron chi connectivity index (χ4n) is 2.11. The number of nitrogens with two attached hydrogens (primary N) is 1. The zero-order chi connectivity index (χ0) is 13.8. The highest BCUT2D eigenvalue weighted by molar-refractivity contribution is 7.09. The summed E-state index contributed by atoms with van der Waals surface area (Å²) >= 11 is 1.59. The van der Waals surface area contributed by atoms with Gasteiger partial charge in [0.1, 0.15) is 10.8 Å². The second-order valence-corrected chi connectivity index (χ2v) is 5.31. The number of fused-ring (bicyclic) bond motifs is 1. The first-order chi connectivity index (χ1) is 9.88. The second kappa shape index (κ2) is 5.98. The summed E-state index contributed by atoms with van der Waals surface area (Å²) in [4.78, 5) is 8.67. The van der Waals surface area contributed by atoms with Crippen molar-refractivity contribution >= 4 is 22.2 Å². The molecule has 1 unspecified atom stereocenters. The summed E-state index contributed by atoms with van der Waals surface area (Å²) in [5.41, 5.74) is 6.61. The molecule has 0 aliphatic carbocycles. The number of ether oxygens (including phenoxy) is 1. The standard InChI is InChI=1S/C15H15N3OS/c16-7-6-14(15-18-9-10-20-15)19-13-5-1-4-12-11(13)3-2-8-17-12/h1-5,8-10,14H,6-7,16H2. The number of nitrogens with zero attached hydrogens (tertiary/aromatic N) is 2. The van der Waals surface area contributed by atoms with Crippen molar-refractivity contribution in [3.63, 3.8) is 0 Å². The predicted molar refractivity (Wildman–Crippen MR) is 80.9 cm³/mol. The maximum absolute atomic E-state index is 6.14. The Kier molecular flexibility index (Phi) is 3.90. The number of hydrogen-bond donors (Lipinski definition) is 1. The molecule has 0 saturated carbocycles. The molecular weight excluding hydrogens is 270 g/mol. The zero-order valence-electron chi connectivity index (χ0n) is 10.9. The van der Waals surface area contributed by atoms with E-state index in [-0.39, 0.29) is 6.10 Å². The van der Waals surface area contributed by atoms with Gasteiger partial charge in [-0.15, -0.1) is 11.3 Å². The van der Waals surface area contributed by atoms with Gasteiger partial charge in [0, 0.05) is 29.6 Å². The Labute approximate surface area is 121 Å². The minimum Gasteiger partial charge on any atom is -0.482 e. The van der Waals surface area contributed by atoms with E-state index < -0.39 is 0 Å². The van der Waals surface area contributed by atoms with Gasteiger partial charge in [0.15, 0.2) is 6.10 Å². The van der Waals surface area contributed by atoms with Crippen molar-refractivity contribution in [3.8, 4) is 5.75 Å². The summed E-state index contributed by atoms with van der Waals surface area (Å²) in [7, 11) is 0. The van der Waals surface area contributed by atoms with Crippen LogP contribution < -0.4 is 10.5 Å². The van der Waals surface area contributed by atoms with Gasteiger partial charge in [0.2, 0.25) is 0 Å². The van der Waals surface area contributed by atoms with Gasteiger partial charge >= 0.3 is 0 Å². The summed E-state index contributed by atoms with van der Waals surface area (Å²) in [6.45, 7) is 0.563. The molecule has 2 aromatic heterocycles. The van der Waals surface area contributed by atoms with E-state index in [1.165, 1.54) is 0 Å². The molecule has 0 radical (unpaired) electrons. The molecule has 20 heavy (non-hydrogen) atoms. The Morgan fingerprint density at radius 1 is 1.15 bits per heavy atom. The SMILES string of the molecule is NCCC(Oc1cccc2ncccc12)c1nccs1. The maximum atomic E-state index is 6.14. The van der Waals surface area contributed by atoms with Crippen molar-refractivity contribution in [3.05, 3.63) is 53.1 Å². The first kappa shape index (κ1) is 13.0. The number of hydrogen-bond acceptors (Lipinski definition) is 5. The molecule has 102 valence electrons. The molecule has 1 aromatic carbocycles. The third kappa shape index (κ3) is 2.64. The topological polar surface area (TPSA) is 61.0 Å². The number of benzene rings is 1. The average molecular weight is 285 g/mol. The van der Waals surface area contributed by atoms with Crippen LogP contribution in [0, 0.1) is 0 Å². The van der Waals surface area contributed by atoms with E-state index in [4.69, 9.17) is 10.5 Å². The highest BCUT2D eigenvalue weighted by atomic mass is 32.1. The molecule has 4 nitrogen and oxygen atoms in total. The molecule has 5 heteroatoms. The van der Waals surface area contributed by atoms with Crippen molar-refractivity contribution in [2.75, 3.05) is 6.54 Å². The van der Waals surface area contributed by atoms with E-state index >= 15 is 0 Å². The van der Waals surface area contributed by atoms with Gasteiger partial charge in [-0.2, -0.15) is 0 Å². The number of aromatic nitrogens is 2. The Hall–Kier alpha value is -1.98. The van der Waals surface area contributed by atoms with Crippen molar-refractivity contribution in [2.24, 2.45) is 5.73 Å². The van der Waals surface area contributed by atoms with Crippen molar-refractivity contribution in [1.82, 2.24) is 9.97 Å². The van der Waals surface area contributed by atoms with Crippen molar-refractivity contribution < 1.29 is 4.74 Å². The molecule has 3 rings (SSSR count). The summed E-state index contributed by atoms with van der Waals surface area (Å²) < 4.78 is 6.14. The average Bonchev–Trinajstić information content (AvgIpc) is 3.01. The monoisotopic (exact) mass is 285 g/mol. The molecule has 2 N–H and O–H groups in total. The van der Waals surface area contributed by atoms with Gasteiger partial charge in [0.25, 0.3) is 0 Å². The van der Waals surface area contributed by atoms with Gasteiger partial charge in [0.05, 0.1) is 5.52 Å². The predicted octanol–water partition coefficient (Wildman–Crippen LogP) is 3.16. The van der Waals surface area contributed by atoms with Crippen LogP contribution in [0.15, 0.2) is 48.1 Å². The van der Waals surface area contributed by atoms with Gasteiger partial charge in [-0.1, -0.05) is 6.07 Å². The molecule has 0 spiro atoms. The number of rotatable bonds is 5. The van der Waals surface area contributed by atoms with Crippen LogP contribution in [0.25, 0.3) is 10.9 Å². The Balaban J connectivity index is 1.94. The molecule has 0 bridgehead atoms. The first-order valence-corrected chi connectivity index (χ1v) is 7.36. The van der Waals surface area contributed by atoms with Gasteiger partial charge < -0.3 is 10.5 Å². The van der Waals surface area contributed by atoms with Crippen LogP contribution in [-0.4, -0.2) is 16.5 Å². The van der Waals surface area contributed by atoms with Crippen LogP contribution in [0.2, 0.25) is 0 Å². The van der Waals surface area contributed by atoms with Crippen LogP contribution in [-0.2, 0) is 0 Å². The molecule has 0 amide bonds. The second-order valence-electron chi connectivity index (χ2n) is 4.38. The smallest absolute Gasteiger partial charge is 0.151 e. The number of pyridine rings is 1. The summed E-state index contributed by atoms with van der Waals surface area (Å²) in [5, 5.41) is 3.91. The minimum absolute atomic E-state index is 0.106. The fourth-order valence-corrected chi connectivity index (χ4v) is 2.81. The van der Waals surface area contributed by atoms with Gasteiger partial charge in [-0.3, -0.25) is 4.98 Å². The number of thiazole rings is 1. The van der Waals surface area contributed by atoms with E-state index in [0.717, 1.165) is 28.1 Å². The van der Waals surface area contributed by atoms with Crippen LogP contribution >= 0.6 is 11.3 Å². The van der Waals surface area contributed by atoms with E-state index in [9.17, 15) is 0 Å². The van der Waals surface area contributed by atoms with E-state index in [1.807, 2.05) is 35.7 Å². The minimum atomic E-state index is -0.106. The normalized spacial score (nSPS) is 12.4. The maximum Gasteiger partial charge on any atom is 0.151 e. The Morgan fingerprint density at radius 2 is 2.10 bits per heavy atom. The molecule has 0 fully saturated rings.